The Morgan fingerprint density at radius 2 is 1.75 bits per heavy atom. The van der Waals surface area contributed by atoms with Gasteiger partial charge in [-0.3, -0.25) is 9.59 Å². The van der Waals surface area contributed by atoms with E-state index in [1.165, 1.54) is 41.6 Å². The van der Waals surface area contributed by atoms with Crippen LogP contribution in [0, 0.1) is 11.6 Å². The molecule has 5 aromatic rings. The SMILES string of the molecule is CN1CCC(N(C)c2ccc(Cc3ncc4cc(/C=C/CCC(=O)c5nccn(Cc6ccc(F)c(F)c6)c5=O)ccc4n3)cc2)CC1. The maximum absolute atomic E-state index is 13.6. The number of benzene rings is 3. The van der Waals surface area contributed by atoms with Gasteiger partial charge in [-0.1, -0.05) is 36.4 Å². The number of nitrogens with zero attached hydrogens (tertiary/aromatic N) is 6. The van der Waals surface area contributed by atoms with E-state index < -0.39 is 17.2 Å². The van der Waals surface area contributed by atoms with E-state index in [-0.39, 0.29) is 24.4 Å². The molecule has 1 fully saturated rings. The summed E-state index contributed by atoms with van der Waals surface area (Å²) in [6.07, 6.45) is 11.9. The zero-order chi connectivity index (χ0) is 33.6. The minimum atomic E-state index is -0.996. The Hall–Kier alpha value is -5.09. The fraction of sp³-hybridized carbons (Fsp3) is 0.289. The summed E-state index contributed by atoms with van der Waals surface area (Å²) in [6, 6.07) is 18.6. The fourth-order valence-electron chi connectivity index (χ4n) is 6.05. The first kappa shape index (κ1) is 32.8. The lowest BCUT2D eigenvalue weighted by molar-refractivity contribution is 0.0976. The summed E-state index contributed by atoms with van der Waals surface area (Å²) in [5, 5.41) is 0.919. The van der Waals surface area contributed by atoms with Crippen LogP contribution in [-0.2, 0) is 13.0 Å². The van der Waals surface area contributed by atoms with E-state index >= 15 is 0 Å². The van der Waals surface area contributed by atoms with Gasteiger partial charge in [-0.25, -0.2) is 23.7 Å². The van der Waals surface area contributed by atoms with Gasteiger partial charge in [0.25, 0.3) is 5.56 Å². The zero-order valence-corrected chi connectivity index (χ0v) is 27.2. The normalized spacial score (nSPS) is 14.2. The van der Waals surface area contributed by atoms with Gasteiger partial charge in [-0.15, -0.1) is 0 Å². The van der Waals surface area contributed by atoms with Crippen LogP contribution in [0.2, 0.25) is 0 Å². The number of aromatic nitrogens is 4. The van der Waals surface area contributed by atoms with Gasteiger partial charge >= 0.3 is 0 Å². The van der Waals surface area contributed by atoms with Crippen molar-refractivity contribution in [1.82, 2.24) is 24.4 Å². The van der Waals surface area contributed by atoms with Gasteiger partial charge in [0, 0.05) is 55.6 Å². The van der Waals surface area contributed by atoms with Crippen molar-refractivity contribution in [3.05, 3.63) is 136 Å². The van der Waals surface area contributed by atoms with Crippen LogP contribution in [0.1, 0.15) is 58.7 Å². The first-order valence-corrected chi connectivity index (χ1v) is 16.2. The van der Waals surface area contributed by atoms with Gasteiger partial charge in [0.05, 0.1) is 12.1 Å². The van der Waals surface area contributed by atoms with E-state index in [1.54, 1.807) is 0 Å². The monoisotopic (exact) mass is 648 g/mol. The highest BCUT2D eigenvalue weighted by molar-refractivity contribution is 5.94. The van der Waals surface area contributed by atoms with E-state index in [1.807, 2.05) is 36.5 Å². The van der Waals surface area contributed by atoms with Crippen molar-refractivity contribution in [2.75, 3.05) is 32.1 Å². The Balaban J connectivity index is 1.03. The molecular weight excluding hydrogens is 610 g/mol. The van der Waals surface area contributed by atoms with Crippen LogP contribution in [0.3, 0.4) is 0 Å². The number of carbonyl (C=O) groups is 1. The van der Waals surface area contributed by atoms with Gasteiger partial charge in [0.15, 0.2) is 23.1 Å². The van der Waals surface area contributed by atoms with E-state index in [0.717, 1.165) is 53.1 Å². The van der Waals surface area contributed by atoms with Crippen molar-refractivity contribution in [3.63, 3.8) is 0 Å². The number of anilines is 1. The third-order valence-corrected chi connectivity index (χ3v) is 8.96. The molecule has 10 heteroatoms. The van der Waals surface area contributed by atoms with Gasteiger partial charge in [0.2, 0.25) is 0 Å². The highest BCUT2D eigenvalue weighted by atomic mass is 19.2. The topological polar surface area (TPSA) is 84.2 Å². The number of fused-ring (bicyclic) bond motifs is 1. The minimum Gasteiger partial charge on any atom is -0.372 e. The van der Waals surface area contributed by atoms with Gasteiger partial charge in [0.1, 0.15) is 5.82 Å². The molecule has 0 spiro atoms. The molecule has 8 nitrogen and oxygen atoms in total. The third-order valence-electron chi connectivity index (χ3n) is 8.96. The molecule has 1 aliphatic heterocycles. The van der Waals surface area contributed by atoms with Crippen LogP contribution in [-0.4, -0.2) is 63.4 Å². The Kier molecular flexibility index (Phi) is 10.1. The van der Waals surface area contributed by atoms with Crippen molar-refractivity contribution >= 4 is 28.4 Å². The number of piperidine rings is 1. The standard InChI is InChI=1S/C38H38F2N6O2/c1-44-18-15-31(16-19-44)45(2)30-11-7-27(8-12-30)23-36-42-24-29-21-26(10-14-34(29)43-36)5-3-4-6-35(47)37-38(48)46(20-17-41-37)25-28-9-13-32(39)33(40)22-28/h3,5,7-14,17,20-22,24,31H,4,6,15-16,18-19,23,25H2,1-2H3/b5-3+. The van der Waals surface area contributed by atoms with E-state index in [9.17, 15) is 18.4 Å². The van der Waals surface area contributed by atoms with Crippen molar-refractivity contribution in [2.45, 2.75) is 44.7 Å². The Morgan fingerprint density at radius 3 is 2.52 bits per heavy atom. The van der Waals surface area contributed by atoms with Crippen molar-refractivity contribution in [2.24, 2.45) is 0 Å². The molecule has 0 unspecified atom stereocenters. The quantitative estimate of drug-likeness (QED) is 0.155. The van der Waals surface area contributed by atoms with Gasteiger partial charge < -0.3 is 14.4 Å². The zero-order valence-electron chi connectivity index (χ0n) is 27.2. The molecule has 0 saturated carbocycles. The van der Waals surface area contributed by atoms with E-state index in [4.69, 9.17) is 4.98 Å². The molecule has 0 radical (unpaired) electrons. The largest absolute Gasteiger partial charge is 0.372 e. The summed E-state index contributed by atoms with van der Waals surface area (Å²) < 4.78 is 28.1. The Labute approximate surface area is 278 Å². The lowest BCUT2D eigenvalue weighted by Crippen LogP contribution is -2.41. The smallest absolute Gasteiger partial charge is 0.280 e. The summed E-state index contributed by atoms with van der Waals surface area (Å²) >= 11 is 0. The van der Waals surface area contributed by atoms with Crippen molar-refractivity contribution in [1.29, 1.82) is 0 Å². The van der Waals surface area contributed by atoms with E-state index in [2.05, 4.69) is 58.1 Å². The predicted molar refractivity (Wildman–Crippen MR) is 184 cm³/mol. The number of allylic oxidation sites excluding steroid dienone is 1. The first-order chi connectivity index (χ1) is 23.2. The lowest BCUT2D eigenvalue weighted by atomic mass is 10.0. The van der Waals surface area contributed by atoms with Crippen LogP contribution >= 0.6 is 0 Å². The average molecular weight is 649 g/mol. The molecule has 0 bridgehead atoms. The third kappa shape index (κ3) is 7.88. The molecule has 1 aliphatic rings. The van der Waals surface area contributed by atoms with Crippen LogP contribution in [0.25, 0.3) is 17.0 Å². The van der Waals surface area contributed by atoms with Crippen LogP contribution in [0.15, 0.2) is 90.1 Å². The molecule has 3 aromatic carbocycles. The lowest BCUT2D eigenvalue weighted by Gasteiger charge is -2.36. The molecule has 0 aliphatic carbocycles. The minimum absolute atomic E-state index is 0.00435. The summed E-state index contributed by atoms with van der Waals surface area (Å²) in [5.74, 6) is -1.58. The Bertz CT molecular complexity index is 2000. The number of halogens is 2. The van der Waals surface area contributed by atoms with Crippen LogP contribution < -0.4 is 10.5 Å². The molecule has 0 amide bonds. The first-order valence-electron chi connectivity index (χ1n) is 16.2. The van der Waals surface area contributed by atoms with Gasteiger partial charge in [-0.05, 0) is 92.5 Å². The summed E-state index contributed by atoms with van der Waals surface area (Å²) in [7, 11) is 4.37. The molecule has 2 aromatic heterocycles. The van der Waals surface area contributed by atoms with Crippen LogP contribution in [0.5, 0.6) is 0 Å². The molecule has 3 heterocycles. The summed E-state index contributed by atoms with van der Waals surface area (Å²) in [6.45, 7) is 2.27. The van der Waals surface area contributed by atoms with Gasteiger partial charge in [-0.2, -0.15) is 0 Å². The predicted octanol–water partition coefficient (Wildman–Crippen LogP) is 6.31. The second-order valence-electron chi connectivity index (χ2n) is 12.4. The van der Waals surface area contributed by atoms with E-state index in [0.29, 0.717) is 24.4 Å². The second-order valence-corrected chi connectivity index (χ2v) is 12.4. The fourth-order valence-corrected chi connectivity index (χ4v) is 6.05. The molecule has 0 N–H and O–H groups in total. The number of hydrogen-bond donors (Lipinski definition) is 0. The highest BCUT2D eigenvalue weighted by Gasteiger charge is 2.21. The number of likely N-dealkylation sites (tertiary alicyclic amines) is 1. The molecule has 48 heavy (non-hydrogen) atoms. The number of rotatable bonds is 11. The second kappa shape index (κ2) is 14.8. The maximum atomic E-state index is 13.6. The molecular formula is C38H38F2N6O2. The number of ketones is 1. The summed E-state index contributed by atoms with van der Waals surface area (Å²) in [5.41, 5.74) is 3.85. The highest BCUT2D eigenvalue weighted by Crippen LogP contribution is 2.23. The number of carbonyl (C=O) groups excluding carboxylic acids is 1. The maximum Gasteiger partial charge on any atom is 0.280 e. The summed E-state index contributed by atoms with van der Waals surface area (Å²) in [4.78, 5) is 43.8. The molecule has 1 saturated heterocycles. The van der Waals surface area contributed by atoms with Crippen molar-refractivity contribution in [3.8, 4) is 0 Å². The molecule has 246 valence electrons. The molecule has 6 rings (SSSR count). The Morgan fingerprint density at radius 1 is 0.979 bits per heavy atom. The number of Topliss-reactive ketones (excluding diaryl/α,β-unsaturated/α-hetero) is 1. The van der Waals surface area contributed by atoms with Crippen LogP contribution in [0.4, 0.5) is 14.5 Å². The average Bonchev–Trinajstić information content (AvgIpc) is 3.09. The van der Waals surface area contributed by atoms with Crippen molar-refractivity contribution < 1.29 is 13.6 Å². The number of hydrogen-bond acceptors (Lipinski definition) is 7. The molecule has 0 atom stereocenters.